The van der Waals surface area contributed by atoms with Crippen LogP contribution in [0.4, 0.5) is 0 Å². The maximum atomic E-state index is 13.5. The van der Waals surface area contributed by atoms with Crippen molar-refractivity contribution >= 4 is 17.5 Å². The molecular formula is C28H50IN2O7-. The zero-order chi connectivity index (χ0) is 29.1. The number of carbonyl (C=O) groups excluding carboxylic acids is 2. The number of nitrogens with one attached hydrogen (secondary N) is 1. The van der Waals surface area contributed by atoms with E-state index in [4.69, 9.17) is 15.7 Å². The number of aliphatic hydroxyl groups excluding tert-OH is 1. The Balaban J connectivity index is 2.59. The average Bonchev–Trinajstić information content (AvgIpc) is 3.39. The second-order valence-corrected chi connectivity index (χ2v) is 13.6. The molecule has 0 unspecified atom stereocenters. The van der Waals surface area contributed by atoms with Gasteiger partial charge in [-0.25, -0.2) is 0 Å². The van der Waals surface area contributed by atoms with Gasteiger partial charge in [0.25, 0.3) is 0 Å². The van der Waals surface area contributed by atoms with Crippen molar-refractivity contribution < 1.29 is 54.2 Å². The summed E-state index contributed by atoms with van der Waals surface area (Å²) in [5, 5.41) is 26.3. The summed E-state index contributed by atoms with van der Waals surface area (Å²) in [7, 11) is 1.64. The van der Waals surface area contributed by atoms with E-state index in [0.29, 0.717) is 6.42 Å². The van der Waals surface area contributed by atoms with Crippen LogP contribution in [0.3, 0.4) is 0 Å². The normalized spacial score (nSPS) is 42.7. The average molecular weight is 654 g/mol. The molecule has 0 aromatic heterocycles. The van der Waals surface area contributed by atoms with Crippen molar-refractivity contribution in [1.82, 2.24) is 5.32 Å². The number of hydrogen-bond donors (Lipinski definition) is 3. The van der Waals surface area contributed by atoms with E-state index in [9.17, 15) is 19.8 Å². The molecule has 2 heterocycles. The van der Waals surface area contributed by atoms with Gasteiger partial charge in [-0.3, -0.25) is 0 Å². The molecule has 10 heteroatoms. The second-order valence-electron chi connectivity index (χ2n) is 12.2. The standard InChI is InChI=1S/C28H50IN2O7/c1-11-21-28(9,35)24(33)17(3)22(31-29-38-20-12-13-30-15-20)16(2)14-27(8,36-10)26(6,7)19(5)23(32)18(4)25(34)37-21/h16-21,24,30,33,35H,11-15H2,1-10H3/q-1/b31-22+/t16-,17+,18-,19+,20-,21-,24-,27-,28-/m1/s1. The van der Waals surface area contributed by atoms with E-state index in [2.05, 4.69) is 5.32 Å². The maximum absolute atomic E-state index is 13.5. The Bertz CT molecular complexity index is 858. The topological polar surface area (TPSA) is 127 Å². The van der Waals surface area contributed by atoms with E-state index in [1.165, 1.54) is 6.92 Å². The summed E-state index contributed by atoms with van der Waals surface area (Å²) in [6.45, 7) is 18.2. The number of esters is 1. The van der Waals surface area contributed by atoms with Crippen LogP contribution in [0, 0.1) is 29.1 Å². The van der Waals surface area contributed by atoms with Crippen LogP contribution >= 0.6 is 0 Å². The first kappa shape index (κ1) is 33.5. The molecule has 3 N–H and O–H groups in total. The van der Waals surface area contributed by atoms with Gasteiger partial charge in [-0.2, -0.15) is 0 Å². The zero-order valence-corrected chi connectivity index (χ0v) is 27.0. The summed E-state index contributed by atoms with van der Waals surface area (Å²) in [5.41, 5.74) is -2.43. The number of ketones is 1. The number of aliphatic hydroxyl groups is 2. The van der Waals surface area contributed by atoms with Gasteiger partial charge in [0.1, 0.15) is 0 Å². The summed E-state index contributed by atoms with van der Waals surface area (Å²) in [6, 6.07) is 0. The van der Waals surface area contributed by atoms with Gasteiger partial charge >= 0.3 is 241 Å². The third-order valence-corrected chi connectivity index (χ3v) is 11.1. The fourth-order valence-corrected chi connectivity index (χ4v) is 7.76. The number of Topliss-reactive ketones (excluding diaryl/α,β-unsaturated/α-hetero) is 1. The fourth-order valence-electron chi connectivity index (χ4n) is 5.75. The van der Waals surface area contributed by atoms with Gasteiger partial charge in [0.15, 0.2) is 0 Å². The first-order valence-electron chi connectivity index (χ1n) is 13.8. The van der Waals surface area contributed by atoms with E-state index in [1.54, 1.807) is 21.0 Å². The van der Waals surface area contributed by atoms with Gasteiger partial charge in [0.05, 0.1) is 0 Å². The summed E-state index contributed by atoms with van der Waals surface area (Å²) >= 11 is -1.01. The van der Waals surface area contributed by atoms with Gasteiger partial charge in [0, 0.05) is 0 Å². The van der Waals surface area contributed by atoms with Crippen LogP contribution in [0.5, 0.6) is 0 Å². The number of rotatable bonds is 5. The predicted molar refractivity (Wildman–Crippen MR) is 142 cm³/mol. The van der Waals surface area contributed by atoms with Crippen molar-refractivity contribution in [2.45, 2.75) is 111 Å². The van der Waals surface area contributed by atoms with E-state index in [0.717, 1.165) is 25.2 Å². The fraction of sp³-hybridized carbons (Fsp3) is 0.893. The summed E-state index contributed by atoms with van der Waals surface area (Å²) in [5.74, 6) is -3.16. The van der Waals surface area contributed by atoms with Crippen molar-refractivity contribution in [2.75, 3.05) is 20.2 Å². The van der Waals surface area contributed by atoms with Gasteiger partial charge in [0.2, 0.25) is 0 Å². The van der Waals surface area contributed by atoms with Gasteiger partial charge in [-0.15, -0.1) is 0 Å². The molecule has 2 saturated heterocycles. The Kier molecular flexibility index (Phi) is 11.8. The molecule has 2 aliphatic rings. The first-order valence-corrected chi connectivity index (χ1v) is 15.7. The van der Waals surface area contributed by atoms with Crippen LogP contribution in [0.2, 0.25) is 0 Å². The molecule has 0 radical (unpaired) electrons. The molecule has 0 amide bonds. The number of hydrogen-bond acceptors (Lipinski definition) is 9. The quantitative estimate of drug-likeness (QED) is 0.217. The number of halogens is 1. The Morgan fingerprint density at radius 3 is 2.32 bits per heavy atom. The van der Waals surface area contributed by atoms with Gasteiger partial charge in [-0.1, -0.05) is 0 Å². The summed E-state index contributed by atoms with van der Waals surface area (Å²) in [6.07, 6.45) is -0.393. The van der Waals surface area contributed by atoms with Crippen LogP contribution in [-0.4, -0.2) is 77.4 Å². The van der Waals surface area contributed by atoms with Gasteiger partial charge in [-0.05, 0) is 0 Å². The molecule has 0 aromatic rings. The van der Waals surface area contributed by atoms with Crippen molar-refractivity contribution in [2.24, 2.45) is 32.3 Å². The number of carbonyl (C=O) groups is 2. The minimum absolute atomic E-state index is 0.130. The van der Waals surface area contributed by atoms with Crippen LogP contribution in [0.1, 0.15) is 81.6 Å². The summed E-state index contributed by atoms with van der Waals surface area (Å²) in [4.78, 5) is 26.6. The van der Waals surface area contributed by atoms with Gasteiger partial charge < -0.3 is 0 Å². The van der Waals surface area contributed by atoms with Crippen molar-refractivity contribution in [1.29, 1.82) is 0 Å². The zero-order valence-electron chi connectivity index (χ0n) is 24.8. The second kappa shape index (κ2) is 13.3. The third-order valence-electron chi connectivity index (χ3n) is 9.44. The van der Waals surface area contributed by atoms with Crippen LogP contribution in [0.25, 0.3) is 0 Å². The molecule has 9 atom stereocenters. The molecular weight excluding hydrogens is 603 g/mol. The molecule has 0 aromatic carbocycles. The summed E-state index contributed by atoms with van der Waals surface area (Å²) < 4.78 is 22.8. The van der Waals surface area contributed by atoms with Crippen molar-refractivity contribution in [3.63, 3.8) is 0 Å². The molecule has 2 fully saturated rings. The molecule has 0 bridgehead atoms. The molecule has 2 rings (SSSR count). The first-order chi connectivity index (χ1) is 17.5. The monoisotopic (exact) mass is 653 g/mol. The molecule has 2 aliphatic heterocycles. The number of methoxy groups -OCH3 is 1. The molecule has 0 aliphatic carbocycles. The molecule has 222 valence electrons. The molecule has 9 nitrogen and oxygen atoms in total. The molecule has 0 saturated carbocycles. The number of cyclic esters (lactones) is 1. The SMILES string of the molecule is CC[C@H]1OC(=O)[C@H](C)C(=O)[C@H](C)C(C)(C)[C@](C)(OC)C[C@@H](C)/C(=N\[I-]O[C@@H]2CCNC2)[C@H](C)[C@@H](O)[C@]1(C)O. The van der Waals surface area contributed by atoms with E-state index in [-0.39, 0.29) is 24.2 Å². The minimum atomic E-state index is -1.76. The predicted octanol–water partition coefficient (Wildman–Crippen LogP) is 0.107. The molecule has 38 heavy (non-hydrogen) atoms. The van der Waals surface area contributed by atoms with Crippen LogP contribution < -0.4 is 27.2 Å². The van der Waals surface area contributed by atoms with Crippen molar-refractivity contribution in [3.05, 3.63) is 0 Å². The Morgan fingerprint density at radius 1 is 1.16 bits per heavy atom. The number of ether oxygens (including phenoxy) is 2. The Morgan fingerprint density at radius 2 is 1.79 bits per heavy atom. The Hall–Kier alpha value is -0.660. The third kappa shape index (κ3) is 6.97. The van der Waals surface area contributed by atoms with Crippen molar-refractivity contribution in [3.8, 4) is 0 Å². The van der Waals surface area contributed by atoms with E-state index in [1.807, 2.05) is 41.5 Å². The van der Waals surface area contributed by atoms with Crippen LogP contribution in [0.15, 0.2) is 3.21 Å². The molecule has 0 spiro atoms. The Labute approximate surface area is 240 Å². The number of nitrogens with zero attached hydrogens (tertiary/aromatic N) is 1. The van der Waals surface area contributed by atoms with E-state index < -0.39 is 74.4 Å². The van der Waals surface area contributed by atoms with E-state index >= 15 is 0 Å². The van der Waals surface area contributed by atoms with Crippen LogP contribution in [-0.2, 0) is 22.1 Å².